The Labute approximate surface area is 141 Å². The van der Waals surface area contributed by atoms with Gasteiger partial charge in [0.25, 0.3) is 5.91 Å². The van der Waals surface area contributed by atoms with Crippen molar-refractivity contribution in [1.82, 2.24) is 15.8 Å². The van der Waals surface area contributed by atoms with Crippen molar-refractivity contribution >= 4 is 38.6 Å². The van der Waals surface area contributed by atoms with Crippen LogP contribution in [0.15, 0.2) is 59.1 Å². The molecule has 2 aromatic carbocycles. The van der Waals surface area contributed by atoms with Crippen LogP contribution < -0.4 is 10.9 Å². The summed E-state index contributed by atoms with van der Waals surface area (Å²) in [6, 6.07) is 16.8. The van der Waals surface area contributed by atoms with Gasteiger partial charge in [0.2, 0.25) is 5.91 Å². The highest BCUT2D eigenvalue weighted by Gasteiger charge is 2.11. The predicted octanol–water partition coefficient (Wildman–Crippen LogP) is 2.93. The molecule has 1 aromatic heterocycles. The van der Waals surface area contributed by atoms with Crippen LogP contribution in [-0.2, 0) is 11.2 Å². The second kappa shape index (κ2) is 6.66. The highest BCUT2D eigenvalue weighted by Crippen LogP contribution is 2.20. The van der Waals surface area contributed by atoms with Crippen LogP contribution in [0.3, 0.4) is 0 Å². The number of fused-ring (bicyclic) bond motifs is 1. The lowest BCUT2D eigenvalue weighted by atomic mass is 10.1. The monoisotopic (exact) mass is 371 g/mol. The zero-order valence-electron chi connectivity index (χ0n) is 12.1. The summed E-state index contributed by atoms with van der Waals surface area (Å²) in [4.78, 5) is 26.9. The normalized spacial score (nSPS) is 10.5. The van der Waals surface area contributed by atoms with Crippen molar-refractivity contribution in [2.75, 3.05) is 0 Å². The number of rotatable bonds is 3. The standard InChI is InChI=1S/C17H14BrN3O2/c18-13-6-7-14-12(9-13)10-15(19-14)17(23)21-20-16(22)8-11-4-2-1-3-5-11/h1-7,9-10,19H,8H2,(H,20,22)(H,21,23). The van der Waals surface area contributed by atoms with E-state index < -0.39 is 5.91 Å². The van der Waals surface area contributed by atoms with Gasteiger partial charge in [-0.1, -0.05) is 46.3 Å². The minimum atomic E-state index is -0.390. The second-order valence-electron chi connectivity index (χ2n) is 5.08. The van der Waals surface area contributed by atoms with E-state index in [0.717, 1.165) is 20.9 Å². The van der Waals surface area contributed by atoms with E-state index in [1.165, 1.54) is 0 Å². The van der Waals surface area contributed by atoms with Gasteiger partial charge in [-0.15, -0.1) is 0 Å². The molecule has 0 aliphatic rings. The van der Waals surface area contributed by atoms with Gasteiger partial charge in [0.05, 0.1) is 6.42 Å². The maximum atomic E-state index is 12.1. The maximum Gasteiger partial charge on any atom is 0.286 e. The minimum absolute atomic E-state index is 0.209. The van der Waals surface area contributed by atoms with Crippen molar-refractivity contribution < 1.29 is 9.59 Å². The fourth-order valence-corrected chi connectivity index (χ4v) is 2.62. The molecule has 0 aliphatic heterocycles. The van der Waals surface area contributed by atoms with Crippen molar-refractivity contribution in [2.24, 2.45) is 0 Å². The summed E-state index contributed by atoms with van der Waals surface area (Å²) in [5.41, 5.74) is 6.96. The molecule has 3 N–H and O–H groups in total. The first-order valence-corrected chi connectivity index (χ1v) is 7.82. The molecule has 0 radical (unpaired) electrons. The molecule has 1 heterocycles. The second-order valence-corrected chi connectivity index (χ2v) is 5.99. The van der Waals surface area contributed by atoms with Crippen molar-refractivity contribution in [3.05, 3.63) is 70.3 Å². The molecule has 116 valence electrons. The van der Waals surface area contributed by atoms with Gasteiger partial charge in [0.15, 0.2) is 0 Å². The molecule has 3 aromatic rings. The number of hydrogen-bond donors (Lipinski definition) is 3. The number of benzene rings is 2. The Morgan fingerprint density at radius 2 is 1.78 bits per heavy atom. The topological polar surface area (TPSA) is 74.0 Å². The largest absolute Gasteiger partial charge is 0.350 e. The van der Waals surface area contributed by atoms with Gasteiger partial charge in [-0.3, -0.25) is 20.4 Å². The Balaban J connectivity index is 1.61. The highest BCUT2D eigenvalue weighted by atomic mass is 79.9. The maximum absolute atomic E-state index is 12.1. The van der Waals surface area contributed by atoms with Gasteiger partial charge in [-0.05, 0) is 29.8 Å². The number of amides is 2. The molecule has 5 nitrogen and oxygen atoms in total. The Morgan fingerprint density at radius 1 is 1.00 bits per heavy atom. The van der Waals surface area contributed by atoms with Crippen LogP contribution in [0.1, 0.15) is 16.1 Å². The third-order valence-corrected chi connectivity index (χ3v) is 3.84. The number of carbonyl (C=O) groups is 2. The molecule has 23 heavy (non-hydrogen) atoms. The first-order valence-electron chi connectivity index (χ1n) is 7.03. The van der Waals surface area contributed by atoms with Gasteiger partial charge in [-0.2, -0.15) is 0 Å². The van der Waals surface area contributed by atoms with E-state index in [0.29, 0.717) is 5.69 Å². The van der Waals surface area contributed by atoms with Crippen molar-refractivity contribution in [3.8, 4) is 0 Å². The van der Waals surface area contributed by atoms with Gasteiger partial charge < -0.3 is 4.98 Å². The fraction of sp³-hybridized carbons (Fsp3) is 0.0588. The third-order valence-electron chi connectivity index (χ3n) is 3.35. The lowest BCUT2D eigenvalue weighted by Gasteiger charge is -2.06. The number of nitrogens with one attached hydrogen (secondary N) is 3. The highest BCUT2D eigenvalue weighted by molar-refractivity contribution is 9.10. The molecule has 0 fully saturated rings. The summed E-state index contributed by atoms with van der Waals surface area (Å²) in [5, 5.41) is 0.917. The number of aromatic nitrogens is 1. The summed E-state index contributed by atoms with van der Waals surface area (Å²) in [5.74, 6) is -0.665. The van der Waals surface area contributed by atoms with Gasteiger partial charge in [-0.25, -0.2) is 0 Å². The average Bonchev–Trinajstić information content (AvgIpc) is 2.96. The van der Waals surface area contributed by atoms with E-state index in [1.807, 2.05) is 48.5 Å². The van der Waals surface area contributed by atoms with Crippen LogP contribution in [0.5, 0.6) is 0 Å². The molecule has 0 bridgehead atoms. The van der Waals surface area contributed by atoms with Crippen LogP contribution in [0.2, 0.25) is 0 Å². The number of halogens is 1. The number of carbonyl (C=O) groups excluding carboxylic acids is 2. The minimum Gasteiger partial charge on any atom is -0.350 e. The van der Waals surface area contributed by atoms with E-state index in [-0.39, 0.29) is 12.3 Å². The van der Waals surface area contributed by atoms with Crippen LogP contribution in [0.4, 0.5) is 0 Å². The van der Waals surface area contributed by atoms with Crippen molar-refractivity contribution in [1.29, 1.82) is 0 Å². The van der Waals surface area contributed by atoms with Crippen LogP contribution in [-0.4, -0.2) is 16.8 Å². The first-order chi connectivity index (χ1) is 11.1. The molecule has 0 saturated carbocycles. The van der Waals surface area contributed by atoms with Gasteiger partial charge in [0.1, 0.15) is 5.69 Å². The molecule has 0 aliphatic carbocycles. The van der Waals surface area contributed by atoms with Crippen molar-refractivity contribution in [3.63, 3.8) is 0 Å². The number of hydrazine groups is 1. The summed E-state index contributed by atoms with van der Waals surface area (Å²) in [6.45, 7) is 0. The van der Waals surface area contributed by atoms with E-state index in [9.17, 15) is 9.59 Å². The molecule has 0 unspecified atom stereocenters. The van der Waals surface area contributed by atoms with Crippen LogP contribution in [0.25, 0.3) is 10.9 Å². The zero-order valence-corrected chi connectivity index (χ0v) is 13.7. The summed E-state index contributed by atoms with van der Waals surface area (Å²) in [6.07, 6.45) is 0.209. The van der Waals surface area contributed by atoms with E-state index in [1.54, 1.807) is 6.07 Å². The Hall–Kier alpha value is -2.60. The molecule has 0 atom stereocenters. The average molecular weight is 372 g/mol. The Bertz CT molecular complexity index is 859. The lowest BCUT2D eigenvalue weighted by molar-refractivity contribution is -0.121. The number of hydrogen-bond acceptors (Lipinski definition) is 2. The first kappa shape index (κ1) is 15.3. The van der Waals surface area contributed by atoms with Crippen LogP contribution >= 0.6 is 15.9 Å². The molecule has 0 saturated heterocycles. The predicted molar refractivity (Wildman–Crippen MR) is 91.8 cm³/mol. The van der Waals surface area contributed by atoms with Crippen LogP contribution in [0, 0.1) is 0 Å². The number of aromatic amines is 1. The molecule has 0 spiro atoms. The zero-order chi connectivity index (χ0) is 16.2. The molecule has 3 rings (SSSR count). The lowest BCUT2D eigenvalue weighted by Crippen LogP contribution is -2.42. The SMILES string of the molecule is O=C(Cc1ccccc1)NNC(=O)c1cc2cc(Br)ccc2[nH]1. The third kappa shape index (κ3) is 3.78. The summed E-state index contributed by atoms with van der Waals surface area (Å²) in [7, 11) is 0. The van der Waals surface area contributed by atoms with Crippen molar-refractivity contribution in [2.45, 2.75) is 6.42 Å². The van der Waals surface area contributed by atoms with Gasteiger partial charge >= 0.3 is 0 Å². The Kier molecular flexibility index (Phi) is 4.43. The van der Waals surface area contributed by atoms with E-state index in [2.05, 4.69) is 31.8 Å². The molecular weight excluding hydrogens is 358 g/mol. The summed E-state index contributed by atoms with van der Waals surface area (Å²) >= 11 is 3.39. The number of H-pyrrole nitrogens is 1. The Morgan fingerprint density at radius 3 is 2.57 bits per heavy atom. The summed E-state index contributed by atoms with van der Waals surface area (Å²) < 4.78 is 0.937. The van der Waals surface area contributed by atoms with E-state index in [4.69, 9.17) is 0 Å². The fourth-order valence-electron chi connectivity index (χ4n) is 2.25. The smallest absolute Gasteiger partial charge is 0.286 e. The van der Waals surface area contributed by atoms with E-state index >= 15 is 0 Å². The quantitative estimate of drug-likeness (QED) is 0.619. The molecule has 2 amide bonds. The molecular formula is C17H14BrN3O2. The molecule has 6 heteroatoms. The van der Waals surface area contributed by atoms with Gasteiger partial charge in [0, 0.05) is 15.4 Å².